The summed E-state index contributed by atoms with van der Waals surface area (Å²) in [4.78, 5) is 0. The topological polar surface area (TPSA) is 26.0 Å². The Balaban J connectivity index is 1.46. The molecule has 0 aromatic carbocycles. The smallest absolute Gasteiger partial charge is 0.00418 e. The second kappa shape index (κ2) is 7.90. The zero-order valence-electron chi connectivity index (χ0n) is 19.7. The lowest BCUT2D eigenvalue weighted by atomic mass is 9.44. The Morgan fingerprint density at radius 3 is 2.29 bits per heavy atom. The van der Waals surface area contributed by atoms with Crippen molar-refractivity contribution in [3.63, 3.8) is 0 Å². The van der Waals surface area contributed by atoms with Crippen molar-refractivity contribution >= 4 is 0 Å². The number of nitrogens with two attached hydrogens (primary N) is 1. The van der Waals surface area contributed by atoms with Gasteiger partial charge in [0.25, 0.3) is 0 Å². The van der Waals surface area contributed by atoms with Crippen LogP contribution >= 0.6 is 0 Å². The van der Waals surface area contributed by atoms with Gasteiger partial charge in [-0.15, -0.1) is 0 Å². The highest BCUT2D eigenvalue weighted by Crippen LogP contribution is 2.68. The first-order valence-corrected chi connectivity index (χ1v) is 13.0. The molecule has 0 amide bonds. The number of rotatable bonds is 5. The van der Waals surface area contributed by atoms with E-state index in [4.69, 9.17) is 5.73 Å². The fourth-order valence-electron chi connectivity index (χ4n) is 9.32. The van der Waals surface area contributed by atoms with Crippen LogP contribution in [0.1, 0.15) is 112 Å². The fraction of sp³-hybridized carbons (Fsp3) is 1.00. The molecule has 0 radical (unpaired) electrons. The molecular weight excluding hydrogens is 338 g/mol. The van der Waals surface area contributed by atoms with E-state index in [-0.39, 0.29) is 0 Å². The largest absolute Gasteiger partial charge is 0.328 e. The SMILES string of the molecule is CC(C)CCC[C@H](C)[C@H]1CC[C@H]2[C@@H]3CC[C@@H]4C[C@@H](N)CC[C@]4(C)[C@H]3CC[C@]12C. The lowest BCUT2D eigenvalue weighted by Crippen LogP contribution is -2.54. The quantitative estimate of drug-likeness (QED) is 0.521. The molecule has 0 saturated heterocycles. The van der Waals surface area contributed by atoms with Crippen LogP contribution in [0.4, 0.5) is 0 Å². The molecule has 0 heterocycles. The minimum atomic E-state index is 0.492. The van der Waals surface area contributed by atoms with Gasteiger partial charge in [0.2, 0.25) is 0 Å². The molecule has 28 heavy (non-hydrogen) atoms. The van der Waals surface area contributed by atoms with Crippen LogP contribution in [0.5, 0.6) is 0 Å². The maximum atomic E-state index is 6.39. The summed E-state index contributed by atoms with van der Waals surface area (Å²) in [6.45, 7) is 12.8. The van der Waals surface area contributed by atoms with Crippen LogP contribution in [0.2, 0.25) is 0 Å². The van der Waals surface area contributed by atoms with Crippen LogP contribution in [0.25, 0.3) is 0 Å². The Hall–Kier alpha value is -0.0400. The van der Waals surface area contributed by atoms with Crippen molar-refractivity contribution in [2.24, 2.45) is 58.0 Å². The molecule has 162 valence electrons. The van der Waals surface area contributed by atoms with Crippen LogP contribution in [0.3, 0.4) is 0 Å². The van der Waals surface area contributed by atoms with Crippen LogP contribution in [-0.2, 0) is 0 Å². The molecule has 4 aliphatic carbocycles. The third-order valence-corrected chi connectivity index (χ3v) is 10.9. The number of fused-ring (bicyclic) bond motifs is 5. The Labute approximate surface area is 176 Å². The fourth-order valence-corrected chi connectivity index (χ4v) is 9.32. The van der Waals surface area contributed by atoms with Gasteiger partial charge in [0.1, 0.15) is 0 Å². The number of hydrogen-bond acceptors (Lipinski definition) is 1. The van der Waals surface area contributed by atoms with Gasteiger partial charge >= 0.3 is 0 Å². The minimum Gasteiger partial charge on any atom is -0.328 e. The maximum Gasteiger partial charge on any atom is 0.00418 e. The first kappa shape index (κ1) is 21.2. The van der Waals surface area contributed by atoms with E-state index in [0.29, 0.717) is 16.9 Å². The van der Waals surface area contributed by atoms with Gasteiger partial charge in [0.15, 0.2) is 0 Å². The molecular formula is C27H49N. The monoisotopic (exact) mass is 387 g/mol. The minimum absolute atomic E-state index is 0.492. The molecule has 0 aliphatic heterocycles. The lowest BCUT2D eigenvalue weighted by Gasteiger charge is -2.61. The molecule has 1 heteroatoms. The summed E-state index contributed by atoms with van der Waals surface area (Å²) in [7, 11) is 0. The van der Waals surface area contributed by atoms with E-state index in [1.807, 2.05) is 0 Å². The van der Waals surface area contributed by atoms with Gasteiger partial charge in [-0.05, 0) is 110 Å². The van der Waals surface area contributed by atoms with Crippen molar-refractivity contribution in [2.75, 3.05) is 0 Å². The van der Waals surface area contributed by atoms with Crippen molar-refractivity contribution < 1.29 is 0 Å². The Morgan fingerprint density at radius 2 is 1.54 bits per heavy atom. The van der Waals surface area contributed by atoms with E-state index in [1.54, 1.807) is 0 Å². The van der Waals surface area contributed by atoms with Gasteiger partial charge in [0.05, 0.1) is 0 Å². The molecule has 0 bridgehead atoms. The first-order valence-electron chi connectivity index (χ1n) is 13.0. The average molecular weight is 388 g/mol. The van der Waals surface area contributed by atoms with Gasteiger partial charge in [0, 0.05) is 6.04 Å². The van der Waals surface area contributed by atoms with Crippen LogP contribution in [0, 0.1) is 52.3 Å². The zero-order chi connectivity index (χ0) is 20.1. The molecule has 0 unspecified atom stereocenters. The van der Waals surface area contributed by atoms with Gasteiger partial charge in [-0.1, -0.05) is 53.9 Å². The van der Waals surface area contributed by atoms with Gasteiger partial charge < -0.3 is 5.73 Å². The molecule has 4 saturated carbocycles. The highest BCUT2D eigenvalue weighted by Gasteiger charge is 2.60. The zero-order valence-corrected chi connectivity index (χ0v) is 19.7. The molecule has 0 aromatic rings. The summed E-state index contributed by atoms with van der Waals surface area (Å²) < 4.78 is 0. The highest BCUT2D eigenvalue weighted by molar-refractivity contribution is 5.09. The standard InChI is InChI=1S/C27H49N/c1-18(2)7-6-8-19(3)23-11-12-24-22-10-9-20-17-21(28)13-15-26(20,4)25(22)14-16-27(23,24)5/h18-25H,6-17,28H2,1-5H3/t19-,20+,21-,22-,23+,24-,25-,26-,27+/m0/s1. The molecule has 0 aromatic heterocycles. The Kier molecular flexibility index (Phi) is 5.98. The van der Waals surface area contributed by atoms with E-state index < -0.39 is 0 Å². The molecule has 1 nitrogen and oxygen atoms in total. The summed E-state index contributed by atoms with van der Waals surface area (Å²) in [5, 5.41) is 0. The van der Waals surface area contributed by atoms with Crippen LogP contribution < -0.4 is 5.73 Å². The van der Waals surface area contributed by atoms with Crippen molar-refractivity contribution in [3.05, 3.63) is 0 Å². The van der Waals surface area contributed by atoms with Crippen molar-refractivity contribution in [2.45, 2.75) is 118 Å². The second-order valence-electron chi connectivity index (χ2n) is 12.7. The van der Waals surface area contributed by atoms with E-state index in [2.05, 4.69) is 34.6 Å². The van der Waals surface area contributed by atoms with E-state index in [9.17, 15) is 0 Å². The van der Waals surface area contributed by atoms with Crippen molar-refractivity contribution in [3.8, 4) is 0 Å². The molecule has 9 atom stereocenters. The summed E-state index contributed by atoms with van der Waals surface area (Å²) in [6.07, 6.45) is 17.5. The van der Waals surface area contributed by atoms with Gasteiger partial charge in [-0.25, -0.2) is 0 Å². The Morgan fingerprint density at radius 1 is 0.821 bits per heavy atom. The summed E-state index contributed by atoms with van der Waals surface area (Å²) >= 11 is 0. The predicted octanol–water partition coefficient (Wildman–Crippen LogP) is 7.44. The van der Waals surface area contributed by atoms with E-state index in [1.165, 1.54) is 77.0 Å². The van der Waals surface area contributed by atoms with Crippen molar-refractivity contribution in [1.29, 1.82) is 0 Å². The summed E-state index contributed by atoms with van der Waals surface area (Å²) in [6, 6.07) is 0.492. The third kappa shape index (κ3) is 3.50. The van der Waals surface area contributed by atoms with Crippen LogP contribution in [-0.4, -0.2) is 6.04 Å². The number of hydrogen-bond donors (Lipinski definition) is 1. The molecule has 2 N–H and O–H groups in total. The van der Waals surface area contributed by atoms with Gasteiger partial charge in [-0.2, -0.15) is 0 Å². The maximum absolute atomic E-state index is 6.39. The Bertz CT molecular complexity index is 540. The van der Waals surface area contributed by atoms with E-state index in [0.717, 1.165) is 41.4 Å². The molecule has 0 spiro atoms. The second-order valence-corrected chi connectivity index (χ2v) is 12.7. The lowest BCUT2D eigenvalue weighted by molar-refractivity contribution is -0.116. The van der Waals surface area contributed by atoms with E-state index >= 15 is 0 Å². The van der Waals surface area contributed by atoms with Crippen molar-refractivity contribution in [1.82, 2.24) is 0 Å². The average Bonchev–Trinajstić information content (AvgIpc) is 2.99. The highest BCUT2D eigenvalue weighted by atomic mass is 14.7. The molecule has 4 aliphatic rings. The molecule has 4 rings (SSSR count). The summed E-state index contributed by atoms with van der Waals surface area (Å²) in [5.74, 6) is 6.79. The normalized spacial score (nSPS) is 49.4. The van der Waals surface area contributed by atoms with Gasteiger partial charge in [-0.3, -0.25) is 0 Å². The van der Waals surface area contributed by atoms with Crippen LogP contribution in [0.15, 0.2) is 0 Å². The third-order valence-electron chi connectivity index (χ3n) is 10.9. The first-order chi connectivity index (χ1) is 13.3. The predicted molar refractivity (Wildman–Crippen MR) is 121 cm³/mol. The summed E-state index contributed by atoms with van der Waals surface area (Å²) in [5.41, 5.74) is 7.64. The molecule has 4 fully saturated rings.